The van der Waals surface area contributed by atoms with Gasteiger partial charge in [-0.25, -0.2) is 12.8 Å². The maximum absolute atomic E-state index is 13.6. The van der Waals surface area contributed by atoms with E-state index < -0.39 is 20.4 Å². The summed E-state index contributed by atoms with van der Waals surface area (Å²) in [6, 6.07) is 11.1. The van der Waals surface area contributed by atoms with Crippen molar-refractivity contribution >= 4 is 32.4 Å². The van der Waals surface area contributed by atoms with Crippen molar-refractivity contribution in [3.05, 3.63) is 63.0 Å². The van der Waals surface area contributed by atoms with E-state index in [9.17, 15) is 12.8 Å². The van der Waals surface area contributed by atoms with Crippen LogP contribution < -0.4 is 5.32 Å². The fourth-order valence-corrected chi connectivity index (χ4v) is 7.11. The summed E-state index contributed by atoms with van der Waals surface area (Å²) in [6.45, 7) is 0.677. The van der Waals surface area contributed by atoms with Crippen molar-refractivity contribution in [2.24, 2.45) is 0 Å². The van der Waals surface area contributed by atoms with E-state index in [1.165, 1.54) is 24.3 Å². The zero-order valence-corrected chi connectivity index (χ0v) is 15.9. The molecule has 2 aromatic carbocycles. The van der Waals surface area contributed by atoms with Gasteiger partial charge in [-0.15, -0.1) is 0 Å². The zero-order chi connectivity index (χ0) is 16.9. The summed E-state index contributed by atoms with van der Waals surface area (Å²) in [6.07, 6.45) is 2.23. The molecule has 1 saturated heterocycles. The van der Waals surface area contributed by atoms with Crippen LogP contribution in [0.15, 0.2) is 47.4 Å². The van der Waals surface area contributed by atoms with Crippen molar-refractivity contribution in [3.63, 3.8) is 0 Å². The Hall–Kier alpha value is -0.990. The lowest BCUT2D eigenvalue weighted by Crippen LogP contribution is -2.49. The summed E-state index contributed by atoms with van der Waals surface area (Å²) >= 11 is 2.26. The topological polar surface area (TPSA) is 46.2 Å². The lowest BCUT2D eigenvalue weighted by atomic mass is 9.79. The Morgan fingerprint density at radius 2 is 1.92 bits per heavy atom. The van der Waals surface area contributed by atoms with Crippen LogP contribution in [0.25, 0.3) is 0 Å². The Bertz CT molecular complexity index is 898. The number of hydrogen-bond acceptors (Lipinski definition) is 3. The molecular weight excluding hydrogens is 440 g/mol. The molecule has 1 heterocycles. The minimum Gasteiger partial charge on any atom is -0.312 e. The van der Waals surface area contributed by atoms with Crippen LogP contribution in [0.1, 0.15) is 24.0 Å². The van der Waals surface area contributed by atoms with Gasteiger partial charge < -0.3 is 5.32 Å². The van der Waals surface area contributed by atoms with Gasteiger partial charge in [-0.1, -0.05) is 6.07 Å². The van der Waals surface area contributed by atoms with E-state index in [1.54, 1.807) is 0 Å². The van der Waals surface area contributed by atoms with Gasteiger partial charge in [-0.2, -0.15) is 0 Å². The molecule has 0 saturated carbocycles. The van der Waals surface area contributed by atoms with Crippen molar-refractivity contribution in [3.8, 4) is 0 Å². The first-order valence-electron chi connectivity index (χ1n) is 7.98. The molecule has 6 heteroatoms. The number of nitrogens with one attached hydrogen (secondary N) is 1. The van der Waals surface area contributed by atoms with Crippen LogP contribution in [0.2, 0.25) is 0 Å². The normalized spacial score (nSPS) is 26.0. The predicted octanol–water partition coefficient (Wildman–Crippen LogP) is 3.41. The van der Waals surface area contributed by atoms with E-state index in [4.69, 9.17) is 0 Å². The maximum atomic E-state index is 13.6. The third kappa shape index (κ3) is 2.26. The molecule has 2 atom stereocenters. The second-order valence-corrected chi connectivity index (χ2v) is 9.90. The molecule has 0 aromatic heterocycles. The van der Waals surface area contributed by atoms with Crippen molar-refractivity contribution < 1.29 is 12.8 Å². The van der Waals surface area contributed by atoms with Crippen LogP contribution in [0.4, 0.5) is 4.39 Å². The summed E-state index contributed by atoms with van der Waals surface area (Å²) < 4.78 is 40.6. The van der Waals surface area contributed by atoms with E-state index in [0.717, 1.165) is 27.5 Å². The third-order valence-electron chi connectivity index (χ3n) is 5.28. The first-order valence-corrected chi connectivity index (χ1v) is 10.5. The molecule has 0 unspecified atom stereocenters. The Kier molecular flexibility index (Phi) is 3.97. The number of aryl methyl sites for hydroxylation is 1. The third-order valence-corrected chi connectivity index (χ3v) is 8.51. The molecule has 1 aliphatic heterocycles. The SMILES string of the molecule is O=S(=O)(c1ccc(F)cc1)[C@@]12CCN[C@@H]1CCc1cc(I)ccc12. The average Bonchev–Trinajstić information content (AvgIpc) is 3.00. The van der Waals surface area contributed by atoms with Gasteiger partial charge in [0.1, 0.15) is 10.6 Å². The van der Waals surface area contributed by atoms with Crippen molar-refractivity contribution in [1.82, 2.24) is 5.32 Å². The highest BCUT2D eigenvalue weighted by molar-refractivity contribution is 14.1. The summed E-state index contributed by atoms with van der Waals surface area (Å²) in [5.41, 5.74) is 2.03. The number of benzene rings is 2. The number of fused-ring (bicyclic) bond motifs is 3. The van der Waals surface area contributed by atoms with Crippen LogP contribution >= 0.6 is 22.6 Å². The monoisotopic (exact) mass is 457 g/mol. The molecule has 2 aliphatic rings. The number of sulfone groups is 1. The highest BCUT2D eigenvalue weighted by atomic mass is 127. The van der Waals surface area contributed by atoms with E-state index in [0.29, 0.717) is 13.0 Å². The van der Waals surface area contributed by atoms with Gasteiger partial charge in [-0.3, -0.25) is 0 Å². The molecule has 1 N–H and O–H groups in total. The summed E-state index contributed by atoms with van der Waals surface area (Å²) in [5.74, 6) is -0.425. The quantitative estimate of drug-likeness (QED) is 0.556. The second-order valence-electron chi connectivity index (χ2n) is 6.44. The van der Waals surface area contributed by atoms with Gasteiger partial charge in [-0.05, 0) is 95.9 Å². The molecule has 0 bridgehead atoms. The highest BCUT2D eigenvalue weighted by Gasteiger charge is 2.56. The van der Waals surface area contributed by atoms with Crippen molar-refractivity contribution in [2.45, 2.75) is 34.9 Å². The van der Waals surface area contributed by atoms with E-state index in [2.05, 4.69) is 34.0 Å². The average molecular weight is 457 g/mol. The Morgan fingerprint density at radius 1 is 1.17 bits per heavy atom. The van der Waals surface area contributed by atoms with Gasteiger partial charge in [0.05, 0.1) is 4.90 Å². The molecule has 1 fully saturated rings. The van der Waals surface area contributed by atoms with Crippen LogP contribution in [-0.4, -0.2) is 21.0 Å². The fraction of sp³-hybridized carbons (Fsp3) is 0.333. The molecule has 4 rings (SSSR count). The van der Waals surface area contributed by atoms with Gasteiger partial charge in [0.2, 0.25) is 0 Å². The predicted molar refractivity (Wildman–Crippen MR) is 99.2 cm³/mol. The van der Waals surface area contributed by atoms with Gasteiger partial charge in [0.25, 0.3) is 0 Å². The second kappa shape index (κ2) is 5.78. The molecule has 0 spiro atoms. The molecule has 0 amide bonds. The van der Waals surface area contributed by atoms with Crippen LogP contribution in [0, 0.1) is 9.39 Å². The molecule has 126 valence electrons. The summed E-state index contributed by atoms with van der Waals surface area (Å²) in [4.78, 5) is 0.198. The first-order chi connectivity index (χ1) is 11.4. The van der Waals surface area contributed by atoms with Gasteiger partial charge in [0.15, 0.2) is 9.84 Å². The highest BCUT2D eigenvalue weighted by Crippen LogP contribution is 2.49. The number of halogens is 2. The first kappa shape index (κ1) is 16.5. The van der Waals surface area contributed by atoms with Crippen LogP contribution in [0.3, 0.4) is 0 Å². The molecule has 3 nitrogen and oxygen atoms in total. The lowest BCUT2D eigenvalue weighted by molar-refractivity contribution is 0.416. The standard InChI is InChI=1S/C18H17FINO2S/c19-13-2-5-15(6-3-13)24(22,23)18-9-10-21-17(18)8-1-12-11-14(20)4-7-16(12)18/h2-7,11,17,21H,1,8-10H2/t17-,18-/m1/s1. The Labute approximate surface area is 154 Å². The molecular formula is C18H17FINO2S. The van der Waals surface area contributed by atoms with Crippen LogP contribution in [-0.2, 0) is 21.0 Å². The maximum Gasteiger partial charge on any atom is 0.189 e. The Morgan fingerprint density at radius 3 is 2.67 bits per heavy atom. The summed E-state index contributed by atoms with van der Waals surface area (Å²) in [7, 11) is -3.64. The van der Waals surface area contributed by atoms with Gasteiger partial charge >= 0.3 is 0 Å². The Balaban J connectivity index is 1.96. The largest absolute Gasteiger partial charge is 0.312 e. The lowest BCUT2D eigenvalue weighted by Gasteiger charge is -2.40. The van der Waals surface area contributed by atoms with Crippen LogP contribution in [0.5, 0.6) is 0 Å². The molecule has 1 aliphatic carbocycles. The number of hydrogen-bond donors (Lipinski definition) is 1. The zero-order valence-electron chi connectivity index (χ0n) is 12.9. The molecule has 2 aromatic rings. The van der Waals surface area contributed by atoms with Crippen molar-refractivity contribution in [1.29, 1.82) is 0 Å². The molecule has 24 heavy (non-hydrogen) atoms. The summed E-state index contributed by atoms with van der Waals surface area (Å²) in [5, 5.41) is 3.39. The van der Waals surface area contributed by atoms with E-state index in [1.807, 2.05) is 12.1 Å². The van der Waals surface area contributed by atoms with Crippen molar-refractivity contribution in [2.75, 3.05) is 6.54 Å². The van der Waals surface area contributed by atoms with Gasteiger partial charge in [0, 0.05) is 9.61 Å². The van der Waals surface area contributed by atoms with E-state index in [-0.39, 0.29) is 10.9 Å². The minimum absolute atomic E-state index is 0.0971. The molecule has 0 radical (unpaired) electrons. The fourth-order valence-electron chi connectivity index (χ4n) is 4.20. The minimum atomic E-state index is -3.64. The smallest absolute Gasteiger partial charge is 0.189 e. The number of rotatable bonds is 2. The van der Waals surface area contributed by atoms with E-state index >= 15 is 0 Å².